The number of ether oxygens (including phenoxy) is 1. The van der Waals surface area contributed by atoms with Gasteiger partial charge < -0.3 is 10.1 Å². The molecule has 6 nitrogen and oxygen atoms in total. The Bertz CT molecular complexity index is 932. The maximum atomic E-state index is 12.6. The first kappa shape index (κ1) is 21.5. The van der Waals surface area contributed by atoms with E-state index in [4.69, 9.17) is 9.84 Å². The minimum Gasteiger partial charge on any atom is -0.497 e. The molecule has 3 aliphatic heterocycles. The van der Waals surface area contributed by atoms with Crippen molar-refractivity contribution in [2.45, 2.75) is 56.9 Å². The third-order valence-electron chi connectivity index (χ3n) is 8.05. The quantitative estimate of drug-likeness (QED) is 0.744. The Hall–Kier alpha value is -2.34. The van der Waals surface area contributed by atoms with Gasteiger partial charge in [0.1, 0.15) is 5.75 Å². The molecule has 1 saturated carbocycles. The van der Waals surface area contributed by atoms with Gasteiger partial charge in [-0.25, -0.2) is 0 Å². The van der Waals surface area contributed by atoms with Crippen LogP contribution in [0.25, 0.3) is 11.3 Å². The van der Waals surface area contributed by atoms with Gasteiger partial charge in [0, 0.05) is 49.3 Å². The maximum absolute atomic E-state index is 12.6. The molecule has 4 heterocycles. The van der Waals surface area contributed by atoms with Crippen LogP contribution in [0.4, 0.5) is 0 Å². The molecule has 172 valence electrons. The number of amides is 1. The van der Waals surface area contributed by atoms with E-state index in [2.05, 4.69) is 40.1 Å². The van der Waals surface area contributed by atoms with Crippen LogP contribution < -0.4 is 10.1 Å². The van der Waals surface area contributed by atoms with E-state index in [-0.39, 0.29) is 5.92 Å². The summed E-state index contributed by atoms with van der Waals surface area (Å²) >= 11 is 0. The molecule has 4 atom stereocenters. The Morgan fingerprint density at radius 2 is 1.94 bits per heavy atom. The molecule has 3 saturated heterocycles. The Morgan fingerprint density at radius 1 is 1.16 bits per heavy atom. The predicted molar refractivity (Wildman–Crippen MR) is 126 cm³/mol. The first-order chi connectivity index (χ1) is 15.6. The smallest absolute Gasteiger partial charge is 0.223 e. The van der Waals surface area contributed by atoms with Gasteiger partial charge in [-0.1, -0.05) is 19.3 Å². The van der Waals surface area contributed by atoms with Crippen molar-refractivity contribution in [3.63, 3.8) is 0 Å². The molecule has 0 radical (unpaired) electrons. The van der Waals surface area contributed by atoms with Gasteiger partial charge >= 0.3 is 0 Å². The van der Waals surface area contributed by atoms with Crippen LogP contribution in [0.15, 0.2) is 30.3 Å². The number of aryl methyl sites for hydroxylation is 1. The van der Waals surface area contributed by atoms with Gasteiger partial charge in [0.25, 0.3) is 0 Å². The van der Waals surface area contributed by atoms with Gasteiger partial charge in [0.2, 0.25) is 5.91 Å². The third kappa shape index (κ3) is 4.29. The molecule has 1 amide bonds. The first-order valence-electron chi connectivity index (χ1n) is 12.3. The number of hydrogen-bond acceptors (Lipinski definition) is 4. The van der Waals surface area contributed by atoms with Crippen molar-refractivity contribution < 1.29 is 9.53 Å². The van der Waals surface area contributed by atoms with E-state index in [1.807, 2.05) is 12.1 Å². The van der Waals surface area contributed by atoms with Gasteiger partial charge in [-0.15, -0.1) is 0 Å². The third-order valence-corrected chi connectivity index (χ3v) is 8.05. The second kappa shape index (κ2) is 9.26. The molecular weight excluding hydrogens is 400 g/mol. The molecule has 4 fully saturated rings. The number of fused-ring (bicyclic) bond motifs is 3. The lowest BCUT2D eigenvalue weighted by Crippen LogP contribution is -2.56. The molecule has 0 spiro atoms. The first-order valence-corrected chi connectivity index (χ1v) is 12.3. The number of benzene rings is 1. The van der Waals surface area contributed by atoms with E-state index in [1.54, 1.807) is 7.11 Å². The number of rotatable bonds is 6. The molecule has 1 aromatic heterocycles. The second-order valence-corrected chi connectivity index (χ2v) is 9.93. The monoisotopic (exact) mass is 436 g/mol. The lowest BCUT2D eigenvalue weighted by atomic mass is 9.74. The van der Waals surface area contributed by atoms with Gasteiger partial charge in [0.05, 0.1) is 12.8 Å². The summed E-state index contributed by atoms with van der Waals surface area (Å²) in [6.45, 7) is 3.02. The van der Waals surface area contributed by atoms with Crippen molar-refractivity contribution in [1.82, 2.24) is 20.0 Å². The summed E-state index contributed by atoms with van der Waals surface area (Å²) in [5.74, 6) is 2.58. The fourth-order valence-electron chi connectivity index (χ4n) is 6.14. The molecule has 1 aliphatic carbocycles. The van der Waals surface area contributed by atoms with Gasteiger partial charge in [-0.05, 0) is 68.5 Å². The Kier molecular flexibility index (Phi) is 6.22. The van der Waals surface area contributed by atoms with Crippen molar-refractivity contribution in [1.29, 1.82) is 0 Å². The molecule has 1 N–H and O–H groups in total. The van der Waals surface area contributed by atoms with E-state index >= 15 is 0 Å². The Labute approximate surface area is 191 Å². The fourth-order valence-corrected chi connectivity index (χ4v) is 6.14. The maximum Gasteiger partial charge on any atom is 0.223 e. The molecule has 1 aromatic carbocycles. The number of aromatic nitrogens is 2. The van der Waals surface area contributed by atoms with E-state index in [9.17, 15) is 4.79 Å². The number of methoxy groups -OCH3 is 1. The van der Waals surface area contributed by atoms with Crippen molar-refractivity contribution in [2.24, 2.45) is 18.9 Å². The summed E-state index contributed by atoms with van der Waals surface area (Å²) in [5.41, 5.74) is 3.48. The average molecular weight is 437 g/mol. The Balaban J connectivity index is 1.23. The minimum absolute atomic E-state index is 0.248. The molecule has 32 heavy (non-hydrogen) atoms. The largest absolute Gasteiger partial charge is 0.497 e. The second-order valence-electron chi connectivity index (χ2n) is 9.93. The van der Waals surface area contributed by atoms with Crippen LogP contribution in [-0.2, 0) is 11.8 Å². The normalized spacial score (nSPS) is 27.9. The van der Waals surface area contributed by atoms with Gasteiger partial charge in [-0.3, -0.25) is 14.4 Å². The van der Waals surface area contributed by atoms with Crippen LogP contribution in [0.2, 0.25) is 0 Å². The number of carbonyl (C=O) groups excluding carboxylic acids is 1. The van der Waals surface area contributed by atoms with Crippen LogP contribution in [0, 0.1) is 11.8 Å². The molecule has 2 aromatic rings. The molecule has 6 heteroatoms. The van der Waals surface area contributed by atoms with E-state index in [0.29, 0.717) is 23.8 Å². The summed E-state index contributed by atoms with van der Waals surface area (Å²) < 4.78 is 7.36. The lowest BCUT2D eigenvalue weighted by molar-refractivity contribution is -0.126. The highest BCUT2D eigenvalue weighted by Crippen LogP contribution is 2.42. The predicted octanol–water partition coefficient (Wildman–Crippen LogP) is 3.97. The van der Waals surface area contributed by atoms with E-state index in [0.717, 1.165) is 49.5 Å². The highest BCUT2D eigenvalue weighted by molar-refractivity contribution is 5.78. The lowest BCUT2D eigenvalue weighted by Gasteiger charge is -2.50. The molecule has 2 bridgehead atoms. The number of hydrogen-bond donors (Lipinski definition) is 1. The zero-order valence-electron chi connectivity index (χ0n) is 19.4. The molecular formula is C26H36N4O2. The van der Waals surface area contributed by atoms with E-state index in [1.165, 1.54) is 37.8 Å². The molecule has 1 unspecified atom stereocenters. The topological polar surface area (TPSA) is 59.4 Å². The van der Waals surface area contributed by atoms with Crippen LogP contribution in [0.5, 0.6) is 5.75 Å². The standard InChI is InChI=1S/C26H36N4O2/c1-29-25(15-24(28-29)18-8-10-22(32-2)11-9-18)23-17-30-13-12-20(23)14-21(30)16-27-26(31)19-6-4-3-5-7-19/h8-11,15,19-21,23H,3-7,12-14,16-17H2,1-2H3,(H,27,31)/t20-,21+,23-/m0/s1. The number of nitrogens with zero attached hydrogens (tertiary/aromatic N) is 3. The zero-order valence-corrected chi connectivity index (χ0v) is 19.4. The summed E-state index contributed by atoms with van der Waals surface area (Å²) in [6.07, 6.45) is 8.25. The fraction of sp³-hybridized carbons (Fsp3) is 0.615. The highest BCUT2D eigenvalue weighted by atomic mass is 16.5. The average Bonchev–Trinajstić information content (AvgIpc) is 3.24. The van der Waals surface area contributed by atoms with Crippen LogP contribution in [-0.4, -0.2) is 53.4 Å². The summed E-state index contributed by atoms with van der Waals surface area (Å²) in [7, 11) is 3.76. The number of carbonyl (C=O) groups is 1. The zero-order chi connectivity index (χ0) is 22.1. The molecule has 4 aliphatic rings. The van der Waals surface area contributed by atoms with E-state index < -0.39 is 0 Å². The number of piperidine rings is 3. The Morgan fingerprint density at radius 3 is 2.62 bits per heavy atom. The van der Waals surface area contributed by atoms with Crippen LogP contribution >= 0.6 is 0 Å². The van der Waals surface area contributed by atoms with Crippen molar-refractivity contribution >= 4 is 5.91 Å². The van der Waals surface area contributed by atoms with Crippen molar-refractivity contribution in [3.05, 3.63) is 36.0 Å². The highest BCUT2D eigenvalue weighted by Gasteiger charge is 2.42. The van der Waals surface area contributed by atoms with Gasteiger partial charge in [-0.2, -0.15) is 5.10 Å². The summed E-state index contributed by atoms with van der Waals surface area (Å²) in [5, 5.41) is 8.13. The summed E-state index contributed by atoms with van der Waals surface area (Å²) in [4.78, 5) is 15.2. The van der Waals surface area contributed by atoms with Gasteiger partial charge in [0.15, 0.2) is 0 Å². The van der Waals surface area contributed by atoms with Crippen LogP contribution in [0.3, 0.4) is 0 Å². The minimum atomic E-state index is 0.248. The molecule has 6 rings (SSSR count). The van der Waals surface area contributed by atoms with Crippen molar-refractivity contribution in [3.8, 4) is 17.0 Å². The SMILES string of the molecule is COc1ccc(-c2cc([C@H]3CN4CC[C@H]3C[C@@H]4CNC(=O)C3CCCCC3)n(C)n2)cc1. The number of nitrogens with one attached hydrogen (secondary N) is 1. The van der Waals surface area contributed by atoms with Crippen molar-refractivity contribution in [2.75, 3.05) is 26.7 Å². The summed E-state index contributed by atoms with van der Waals surface area (Å²) in [6, 6.07) is 10.9. The van der Waals surface area contributed by atoms with Crippen LogP contribution in [0.1, 0.15) is 56.6 Å².